The van der Waals surface area contributed by atoms with Gasteiger partial charge in [0, 0.05) is 0 Å². The van der Waals surface area contributed by atoms with E-state index in [0.29, 0.717) is 6.61 Å². The maximum atomic E-state index is 11.3. The molecular formula is C13H18NO2. The Hall–Kier alpha value is -1.51. The van der Waals surface area contributed by atoms with E-state index in [1.165, 1.54) is 0 Å². The van der Waals surface area contributed by atoms with Crippen LogP contribution >= 0.6 is 0 Å². The van der Waals surface area contributed by atoms with Gasteiger partial charge < -0.3 is 10.1 Å². The fraction of sp³-hybridized carbons (Fsp3) is 0.385. The van der Waals surface area contributed by atoms with Gasteiger partial charge in [0.2, 0.25) is 0 Å². The van der Waals surface area contributed by atoms with Crippen LogP contribution < -0.4 is 5.32 Å². The third-order valence-corrected chi connectivity index (χ3v) is 2.23. The Balaban J connectivity index is 2.34. The maximum Gasteiger partial charge on any atom is 0.407 e. The van der Waals surface area contributed by atoms with Crippen molar-refractivity contribution in [2.75, 3.05) is 6.61 Å². The molecule has 1 rings (SSSR count). The normalized spacial score (nSPS) is 11.9. The first-order chi connectivity index (χ1) is 7.74. The van der Waals surface area contributed by atoms with E-state index in [4.69, 9.17) is 4.74 Å². The average Bonchev–Trinajstić information content (AvgIpc) is 2.30. The summed E-state index contributed by atoms with van der Waals surface area (Å²) in [4.78, 5) is 11.3. The monoisotopic (exact) mass is 220 g/mol. The number of amides is 1. The summed E-state index contributed by atoms with van der Waals surface area (Å²) in [6, 6.07) is 9.33. The first-order valence-corrected chi connectivity index (χ1v) is 5.55. The predicted molar refractivity (Wildman–Crippen MR) is 63.9 cm³/mol. The van der Waals surface area contributed by atoms with E-state index in [-0.39, 0.29) is 6.04 Å². The van der Waals surface area contributed by atoms with Gasteiger partial charge in [-0.25, -0.2) is 4.79 Å². The van der Waals surface area contributed by atoms with Crippen molar-refractivity contribution in [1.82, 2.24) is 5.32 Å². The number of nitrogens with one attached hydrogen (secondary N) is 1. The molecule has 0 fully saturated rings. The maximum absolute atomic E-state index is 11.3. The van der Waals surface area contributed by atoms with Crippen molar-refractivity contribution in [3.8, 4) is 0 Å². The van der Waals surface area contributed by atoms with E-state index in [9.17, 15) is 4.79 Å². The van der Waals surface area contributed by atoms with E-state index in [0.717, 1.165) is 18.4 Å². The summed E-state index contributed by atoms with van der Waals surface area (Å²) >= 11 is 0. The molecule has 3 nitrogen and oxygen atoms in total. The third kappa shape index (κ3) is 4.34. The highest BCUT2D eigenvalue weighted by Gasteiger charge is 2.09. The van der Waals surface area contributed by atoms with Crippen LogP contribution in [-0.2, 0) is 4.74 Å². The molecule has 0 aliphatic heterocycles. The molecule has 16 heavy (non-hydrogen) atoms. The van der Waals surface area contributed by atoms with Gasteiger partial charge in [0.05, 0.1) is 12.6 Å². The number of carbonyl (C=O) groups is 1. The van der Waals surface area contributed by atoms with Crippen LogP contribution in [0.15, 0.2) is 30.3 Å². The first kappa shape index (κ1) is 12.6. The zero-order chi connectivity index (χ0) is 11.8. The number of rotatable bonds is 5. The van der Waals surface area contributed by atoms with E-state index in [2.05, 4.69) is 19.2 Å². The van der Waals surface area contributed by atoms with Crippen LogP contribution in [0.3, 0.4) is 0 Å². The van der Waals surface area contributed by atoms with Gasteiger partial charge in [-0.15, -0.1) is 0 Å². The van der Waals surface area contributed by atoms with Crippen LogP contribution in [0.25, 0.3) is 0 Å². The molecule has 0 heterocycles. The van der Waals surface area contributed by atoms with E-state index in [1.54, 1.807) is 0 Å². The van der Waals surface area contributed by atoms with Crippen LogP contribution in [0.5, 0.6) is 0 Å². The molecule has 0 saturated carbocycles. The van der Waals surface area contributed by atoms with Gasteiger partial charge in [0.15, 0.2) is 0 Å². The van der Waals surface area contributed by atoms with Crippen molar-refractivity contribution >= 4 is 6.09 Å². The number of hydrogen-bond acceptors (Lipinski definition) is 2. The fourth-order valence-corrected chi connectivity index (χ4v) is 1.26. The minimum Gasteiger partial charge on any atom is -0.450 e. The number of hydrogen-bond donors (Lipinski definition) is 1. The Bertz CT molecular complexity index is 311. The second kappa shape index (κ2) is 6.88. The first-order valence-electron chi connectivity index (χ1n) is 5.55. The molecule has 87 valence electrons. The average molecular weight is 220 g/mol. The molecule has 1 N–H and O–H groups in total. The fourth-order valence-electron chi connectivity index (χ4n) is 1.26. The highest BCUT2D eigenvalue weighted by Crippen LogP contribution is 2.10. The Labute approximate surface area is 96.8 Å². The van der Waals surface area contributed by atoms with Gasteiger partial charge in [0.25, 0.3) is 0 Å². The van der Waals surface area contributed by atoms with Crippen LogP contribution in [0.1, 0.15) is 31.4 Å². The number of alkyl carbamates (subject to hydrolysis) is 1. The lowest BCUT2D eigenvalue weighted by molar-refractivity contribution is 0.142. The summed E-state index contributed by atoms with van der Waals surface area (Å²) in [6.07, 6.45) is 1.50. The lowest BCUT2D eigenvalue weighted by Gasteiger charge is -2.13. The van der Waals surface area contributed by atoms with Gasteiger partial charge in [-0.05, 0) is 18.9 Å². The third-order valence-electron chi connectivity index (χ3n) is 2.23. The van der Waals surface area contributed by atoms with Crippen LogP contribution in [0.4, 0.5) is 4.79 Å². The summed E-state index contributed by atoms with van der Waals surface area (Å²) in [5, 5.41) is 2.68. The van der Waals surface area contributed by atoms with Crippen molar-refractivity contribution in [1.29, 1.82) is 0 Å². The molecule has 1 aromatic rings. The van der Waals surface area contributed by atoms with E-state index < -0.39 is 6.09 Å². The molecule has 0 saturated heterocycles. The van der Waals surface area contributed by atoms with Gasteiger partial charge in [-0.3, -0.25) is 0 Å². The van der Waals surface area contributed by atoms with Crippen molar-refractivity contribution in [3.05, 3.63) is 42.8 Å². The Morgan fingerprint density at radius 1 is 1.44 bits per heavy atom. The summed E-state index contributed by atoms with van der Waals surface area (Å²) in [5.74, 6) is 0. The van der Waals surface area contributed by atoms with Crippen molar-refractivity contribution in [2.45, 2.75) is 25.8 Å². The molecule has 3 heteroatoms. The second-order valence-electron chi connectivity index (χ2n) is 3.60. The standard InChI is InChI=1S/C13H18NO2/c1-3-4-10-16-13(15)14-11(2)12-8-6-5-7-9-12/h5-9,11H,2-4,10H2,1H3,(H,14,15). The van der Waals surface area contributed by atoms with Crippen molar-refractivity contribution in [3.63, 3.8) is 0 Å². The smallest absolute Gasteiger partial charge is 0.407 e. The van der Waals surface area contributed by atoms with Gasteiger partial charge in [-0.2, -0.15) is 0 Å². The van der Waals surface area contributed by atoms with E-state index >= 15 is 0 Å². The minimum atomic E-state index is -0.405. The number of carbonyl (C=O) groups excluding carboxylic acids is 1. The van der Waals surface area contributed by atoms with Crippen molar-refractivity contribution < 1.29 is 9.53 Å². The second-order valence-corrected chi connectivity index (χ2v) is 3.60. The molecular weight excluding hydrogens is 202 g/mol. The largest absolute Gasteiger partial charge is 0.450 e. The van der Waals surface area contributed by atoms with E-state index in [1.807, 2.05) is 30.3 Å². The van der Waals surface area contributed by atoms with Crippen LogP contribution in [0, 0.1) is 6.92 Å². The highest BCUT2D eigenvalue weighted by atomic mass is 16.5. The zero-order valence-electron chi connectivity index (χ0n) is 9.61. The summed E-state index contributed by atoms with van der Waals surface area (Å²) in [5.41, 5.74) is 0.968. The Morgan fingerprint density at radius 3 is 2.75 bits per heavy atom. The molecule has 0 aliphatic rings. The molecule has 0 bridgehead atoms. The van der Waals surface area contributed by atoms with Gasteiger partial charge >= 0.3 is 6.09 Å². The highest BCUT2D eigenvalue weighted by molar-refractivity contribution is 5.68. The molecule has 1 unspecified atom stereocenters. The Kier molecular flexibility index (Phi) is 5.40. The molecule has 0 aliphatic carbocycles. The van der Waals surface area contributed by atoms with Gasteiger partial charge in [-0.1, -0.05) is 43.7 Å². The predicted octanol–water partition coefficient (Wildman–Crippen LogP) is 3.09. The quantitative estimate of drug-likeness (QED) is 0.774. The van der Waals surface area contributed by atoms with Crippen LogP contribution in [0.2, 0.25) is 0 Å². The number of unbranched alkanes of at least 4 members (excludes halogenated alkanes) is 1. The van der Waals surface area contributed by atoms with Crippen molar-refractivity contribution in [2.24, 2.45) is 0 Å². The summed E-state index contributed by atoms with van der Waals surface area (Å²) in [6.45, 7) is 6.38. The molecule has 1 radical (unpaired) electrons. The lowest BCUT2D eigenvalue weighted by atomic mass is 10.1. The Morgan fingerprint density at radius 2 is 2.12 bits per heavy atom. The number of ether oxygens (including phenoxy) is 1. The molecule has 0 spiro atoms. The minimum absolute atomic E-state index is 0.268. The molecule has 1 amide bonds. The van der Waals surface area contributed by atoms with Gasteiger partial charge in [0.1, 0.15) is 0 Å². The number of benzene rings is 1. The SMILES string of the molecule is [CH2]C(NC(=O)OCCCC)c1ccccc1. The lowest BCUT2D eigenvalue weighted by Crippen LogP contribution is -2.27. The summed E-state index contributed by atoms with van der Waals surface area (Å²) in [7, 11) is 0. The summed E-state index contributed by atoms with van der Waals surface area (Å²) < 4.78 is 4.98. The van der Waals surface area contributed by atoms with Crippen LogP contribution in [-0.4, -0.2) is 12.7 Å². The molecule has 1 aromatic carbocycles. The molecule has 1 atom stereocenters. The topological polar surface area (TPSA) is 38.3 Å². The molecule has 0 aromatic heterocycles. The zero-order valence-corrected chi connectivity index (χ0v) is 9.61.